The van der Waals surface area contributed by atoms with Crippen LogP contribution in [0.4, 0.5) is 4.39 Å². The molecule has 1 aromatic heterocycles. The summed E-state index contributed by atoms with van der Waals surface area (Å²) in [6.45, 7) is 0. The monoisotopic (exact) mass is 290 g/mol. The molecule has 0 bridgehead atoms. The number of aliphatic hydroxyl groups is 1. The molecule has 1 nitrogen and oxygen atoms in total. The standard InChI is InChI=1S/C12H9Cl2FOS/c13-8-3-1-2-7(12(8)15)6-9(16)10-4-5-11(14)17-10/h1-5,9,16H,6H2. The Bertz CT molecular complexity index is 527. The molecule has 5 heteroatoms. The smallest absolute Gasteiger partial charge is 0.145 e. The Morgan fingerprint density at radius 3 is 2.65 bits per heavy atom. The lowest BCUT2D eigenvalue weighted by molar-refractivity contribution is 0.181. The van der Waals surface area contributed by atoms with E-state index in [1.165, 1.54) is 17.4 Å². The van der Waals surface area contributed by atoms with E-state index in [4.69, 9.17) is 23.2 Å². The summed E-state index contributed by atoms with van der Waals surface area (Å²) in [7, 11) is 0. The number of benzene rings is 1. The SMILES string of the molecule is OC(Cc1cccc(Cl)c1F)c1ccc(Cl)s1. The van der Waals surface area contributed by atoms with Gasteiger partial charge in [-0.1, -0.05) is 35.3 Å². The minimum Gasteiger partial charge on any atom is -0.387 e. The van der Waals surface area contributed by atoms with E-state index in [2.05, 4.69) is 0 Å². The molecule has 2 rings (SSSR count). The first kappa shape index (κ1) is 12.8. The molecule has 0 fully saturated rings. The van der Waals surface area contributed by atoms with Gasteiger partial charge in [-0.15, -0.1) is 11.3 Å². The maximum absolute atomic E-state index is 13.6. The third kappa shape index (κ3) is 2.99. The average molecular weight is 291 g/mol. The van der Waals surface area contributed by atoms with E-state index >= 15 is 0 Å². The van der Waals surface area contributed by atoms with E-state index in [1.807, 2.05) is 0 Å². The van der Waals surface area contributed by atoms with Gasteiger partial charge in [-0.05, 0) is 23.8 Å². The quantitative estimate of drug-likeness (QED) is 0.884. The summed E-state index contributed by atoms with van der Waals surface area (Å²) in [5.41, 5.74) is 0.398. The second kappa shape index (κ2) is 5.36. The molecule has 0 aliphatic carbocycles. The number of halogens is 3. The molecule has 1 heterocycles. The minimum absolute atomic E-state index is 0.0684. The topological polar surface area (TPSA) is 20.2 Å². The van der Waals surface area contributed by atoms with Crippen molar-refractivity contribution >= 4 is 34.5 Å². The van der Waals surface area contributed by atoms with Crippen LogP contribution in [0.2, 0.25) is 9.36 Å². The zero-order chi connectivity index (χ0) is 12.4. The molecule has 2 aromatic rings. The molecule has 0 amide bonds. The van der Waals surface area contributed by atoms with Gasteiger partial charge >= 0.3 is 0 Å². The molecule has 0 aliphatic rings. The highest BCUT2D eigenvalue weighted by Crippen LogP contribution is 2.30. The van der Waals surface area contributed by atoms with Gasteiger partial charge < -0.3 is 5.11 Å². The fraction of sp³-hybridized carbons (Fsp3) is 0.167. The zero-order valence-corrected chi connectivity index (χ0v) is 11.0. The maximum Gasteiger partial charge on any atom is 0.145 e. The van der Waals surface area contributed by atoms with E-state index in [0.717, 1.165) is 4.88 Å². The van der Waals surface area contributed by atoms with Gasteiger partial charge in [-0.2, -0.15) is 0 Å². The van der Waals surface area contributed by atoms with Crippen molar-refractivity contribution in [1.29, 1.82) is 0 Å². The minimum atomic E-state index is -0.763. The molecule has 0 aliphatic heterocycles. The van der Waals surface area contributed by atoms with Crippen LogP contribution in [0.15, 0.2) is 30.3 Å². The first-order valence-corrected chi connectivity index (χ1v) is 6.51. The Balaban J connectivity index is 2.18. The fourth-order valence-electron chi connectivity index (χ4n) is 1.52. The molecule has 17 heavy (non-hydrogen) atoms. The Morgan fingerprint density at radius 1 is 1.24 bits per heavy atom. The molecule has 90 valence electrons. The van der Waals surface area contributed by atoms with Crippen molar-refractivity contribution in [3.63, 3.8) is 0 Å². The summed E-state index contributed by atoms with van der Waals surface area (Å²) in [6, 6.07) is 8.20. The van der Waals surface area contributed by atoms with Crippen LogP contribution in [-0.4, -0.2) is 5.11 Å². The van der Waals surface area contributed by atoms with E-state index in [-0.39, 0.29) is 11.4 Å². The van der Waals surface area contributed by atoms with Gasteiger partial charge in [-0.25, -0.2) is 4.39 Å². The van der Waals surface area contributed by atoms with Gasteiger partial charge in [0.15, 0.2) is 0 Å². The Morgan fingerprint density at radius 2 is 2.00 bits per heavy atom. The Labute approximate surface area is 112 Å². The normalized spacial score (nSPS) is 12.7. The molecule has 0 spiro atoms. The number of hydrogen-bond acceptors (Lipinski definition) is 2. The van der Waals surface area contributed by atoms with E-state index < -0.39 is 11.9 Å². The van der Waals surface area contributed by atoms with Crippen molar-refractivity contribution in [2.45, 2.75) is 12.5 Å². The average Bonchev–Trinajstić information content (AvgIpc) is 2.72. The number of aliphatic hydroxyl groups excluding tert-OH is 1. The summed E-state index contributed by atoms with van der Waals surface area (Å²) in [5.74, 6) is -0.476. The second-order valence-corrected chi connectivity index (χ2v) is 5.73. The molecule has 1 atom stereocenters. The van der Waals surface area contributed by atoms with Crippen molar-refractivity contribution in [1.82, 2.24) is 0 Å². The lowest BCUT2D eigenvalue weighted by Gasteiger charge is -2.09. The first-order valence-electron chi connectivity index (χ1n) is 4.94. The molecule has 1 N–H and O–H groups in total. The van der Waals surface area contributed by atoms with Crippen LogP contribution in [0.5, 0.6) is 0 Å². The summed E-state index contributed by atoms with van der Waals surface area (Å²) < 4.78 is 14.2. The predicted molar refractivity (Wildman–Crippen MR) is 69.4 cm³/mol. The zero-order valence-electron chi connectivity index (χ0n) is 8.66. The van der Waals surface area contributed by atoms with Crippen LogP contribution in [0.25, 0.3) is 0 Å². The molecule has 0 saturated carbocycles. The number of thiophene rings is 1. The van der Waals surface area contributed by atoms with E-state index in [1.54, 1.807) is 24.3 Å². The van der Waals surface area contributed by atoms with E-state index in [0.29, 0.717) is 9.90 Å². The Kier molecular flexibility index (Phi) is 4.05. The van der Waals surface area contributed by atoms with Crippen LogP contribution in [-0.2, 0) is 6.42 Å². The second-order valence-electron chi connectivity index (χ2n) is 3.57. The van der Waals surface area contributed by atoms with E-state index in [9.17, 15) is 9.50 Å². The predicted octanol–water partition coefficient (Wildman–Crippen LogP) is 4.47. The first-order chi connectivity index (χ1) is 8.08. The van der Waals surface area contributed by atoms with Crippen molar-refractivity contribution in [2.24, 2.45) is 0 Å². The fourth-order valence-corrected chi connectivity index (χ4v) is 2.76. The number of hydrogen-bond donors (Lipinski definition) is 1. The molecule has 1 aromatic carbocycles. The van der Waals surface area contributed by atoms with Gasteiger partial charge in [0.25, 0.3) is 0 Å². The van der Waals surface area contributed by atoms with Crippen molar-refractivity contribution in [3.8, 4) is 0 Å². The lowest BCUT2D eigenvalue weighted by atomic mass is 10.1. The third-order valence-electron chi connectivity index (χ3n) is 2.37. The van der Waals surface area contributed by atoms with Crippen molar-refractivity contribution in [2.75, 3.05) is 0 Å². The third-order valence-corrected chi connectivity index (χ3v) is 3.99. The summed E-state index contributed by atoms with van der Waals surface area (Å²) in [4.78, 5) is 0.717. The summed E-state index contributed by atoms with van der Waals surface area (Å²) in [6.07, 6.45) is -0.580. The van der Waals surface area contributed by atoms with Crippen LogP contribution >= 0.6 is 34.5 Å². The molecule has 1 unspecified atom stereocenters. The largest absolute Gasteiger partial charge is 0.387 e. The summed E-state index contributed by atoms with van der Waals surface area (Å²) in [5, 5.41) is 10.0. The van der Waals surface area contributed by atoms with Crippen molar-refractivity contribution < 1.29 is 9.50 Å². The highest BCUT2D eigenvalue weighted by molar-refractivity contribution is 7.16. The lowest BCUT2D eigenvalue weighted by Crippen LogP contribution is -2.01. The summed E-state index contributed by atoms with van der Waals surface area (Å²) >= 11 is 12.7. The van der Waals surface area contributed by atoms with Crippen molar-refractivity contribution in [3.05, 3.63) is 55.9 Å². The molecular weight excluding hydrogens is 282 g/mol. The van der Waals surface area contributed by atoms with Crippen LogP contribution in [0.1, 0.15) is 16.5 Å². The van der Waals surface area contributed by atoms with Crippen LogP contribution in [0, 0.1) is 5.82 Å². The van der Waals surface area contributed by atoms with Gasteiger partial charge in [0.1, 0.15) is 5.82 Å². The van der Waals surface area contributed by atoms with Gasteiger partial charge in [0.2, 0.25) is 0 Å². The number of rotatable bonds is 3. The highest BCUT2D eigenvalue weighted by Gasteiger charge is 2.14. The van der Waals surface area contributed by atoms with Gasteiger partial charge in [-0.3, -0.25) is 0 Å². The molecular formula is C12H9Cl2FOS. The van der Waals surface area contributed by atoms with Gasteiger partial charge in [0, 0.05) is 11.3 Å². The maximum atomic E-state index is 13.6. The Hall–Kier alpha value is -0.610. The van der Waals surface area contributed by atoms with Gasteiger partial charge in [0.05, 0.1) is 15.5 Å². The van der Waals surface area contributed by atoms with Crippen LogP contribution < -0.4 is 0 Å². The molecule has 0 saturated heterocycles. The molecule has 0 radical (unpaired) electrons. The highest BCUT2D eigenvalue weighted by atomic mass is 35.5. The van der Waals surface area contributed by atoms with Crippen LogP contribution in [0.3, 0.4) is 0 Å².